The summed E-state index contributed by atoms with van der Waals surface area (Å²) in [6, 6.07) is 3.91. The number of halogens is 2. The average molecular weight is 291 g/mol. The molecule has 0 bridgehead atoms. The number of primary amides is 1. The first-order valence-electron chi connectivity index (χ1n) is 5.16. The number of hydrogen-bond acceptors (Lipinski definition) is 3. The number of rotatable bonds is 5. The first-order valence-corrected chi connectivity index (χ1v) is 5.92. The van der Waals surface area contributed by atoms with E-state index in [1.165, 1.54) is 12.1 Å². The highest BCUT2D eigenvalue weighted by molar-refractivity contribution is 6.36. The molecule has 0 heterocycles. The van der Waals surface area contributed by atoms with Gasteiger partial charge in [0.05, 0.1) is 17.2 Å². The van der Waals surface area contributed by atoms with Crippen molar-refractivity contribution >= 4 is 35.2 Å². The van der Waals surface area contributed by atoms with Crippen LogP contribution >= 0.6 is 23.2 Å². The second kappa shape index (κ2) is 7.08. The van der Waals surface area contributed by atoms with Gasteiger partial charge >= 0.3 is 12.0 Å². The van der Waals surface area contributed by atoms with Crippen molar-refractivity contribution in [1.82, 2.24) is 5.32 Å². The fourth-order valence-corrected chi connectivity index (χ4v) is 1.67. The summed E-state index contributed by atoms with van der Waals surface area (Å²) in [5.41, 5.74) is 5.13. The average Bonchev–Trinajstić information content (AvgIpc) is 2.27. The van der Waals surface area contributed by atoms with Crippen LogP contribution in [0.1, 0.15) is 16.8 Å². The van der Waals surface area contributed by atoms with E-state index in [-0.39, 0.29) is 17.2 Å². The Bertz CT molecular complexity index is 452. The maximum Gasteiger partial charge on any atom is 0.339 e. The molecule has 3 N–H and O–H groups in total. The highest BCUT2D eigenvalue weighted by atomic mass is 35.5. The summed E-state index contributed by atoms with van der Waals surface area (Å²) in [4.78, 5) is 22.0. The van der Waals surface area contributed by atoms with Crippen LogP contribution in [0.25, 0.3) is 0 Å². The lowest BCUT2D eigenvalue weighted by Gasteiger charge is -2.06. The molecule has 0 radical (unpaired) electrons. The number of ether oxygens (including phenoxy) is 1. The minimum absolute atomic E-state index is 0.165. The molecule has 5 nitrogen and oxygen atoms in total. The molecule has 98 valence electrons. The third-order valence-electron chi connectivity index (χ3n) is 2.00. The van der Waals surface area contributed by atoms with Gasteiger partial charge in [-0.2, -0.15) is 0 Å². The molecule has 1 rings (SSSR count). The van der Waals surface area contributed by atoms with E-state index in [1.54, 1.807) is 6.07 Å². The Labute approximate surface area is 114 Å². The van der Waals surface area contributed by atoms with E-state index in [4.69, 9.17) is 33.7 Å². The van der Waals surface area contributed by atoms with Crippen molar-refractivity contribution in [2.45, 2.75) is 6.42 Å². The van der Waals surface area contributed by atoms with Gasteiger partial charge < -0.3 is 15.8 Å². The molecule has 0 aromatic heterocycles. The number of hydrogen-bond donors (Lipinski definition) is 2. The number of carbonyl (C=O) groups is 2. The molecule has 1 aromatic rings. The molecule has 18 heavy (non-hydrogen) atoms. The summed E-state index contributed by atoms with van der Waals surface area (Å²) >= 11 is 11.6. The highest BCUT2D eigenvalue weighted by Gasteiger charge is 2.11. The monoisotopic (exact) mass is 290 g/mol. The van der Waals surface area contributed by atoms with Crippen LogP contribution in [0.3, 0.4) is 0 Å². The van der Waals surface area contributed by atoms with Crippen molar-refractivity contribution < 1.29 is 14.3 Å². The molecule has 0 saturated heterocycles. The van der Waals surface area contributed by atoms with E-state index in [9.17, 15) is 9.59 Å². The summed E-state index contributed by atoms with van der Waals surface area (Å²) in [6.45, 7) is 0.509. The number of nitrogens with one attached hydrogen (secondary N) is 1. The molecule has 7 heteroatoms. The molecule has 0 atom stereocenters. The van der Waals surface area contributed by atoms with Crippen LogP contribution in [0.4, 0.5) is 4.79 Å². The standard InChI is InChI=1S/C11H12Cl2N2O3/c12-7-2-3-8(9(13)6-7)10(16)18-5-1-4-15-11(14)17/h2-3,6H,1,4-5H2,(H3,14,15,17). The predicted octanol–water partition coefficient (Wildman–Crippen LogP) is 2.21. The molecule has 0 spiro atoms. The van der Waals surface area contributed by atoms with Crippen LogP contribution < -0.4 is 11.1 Å². The minimum atomic E-state index is -0.609. The molecular formula is C11H12Cl2N2O3. The van der Waals surface area contributed by atoms with E-state index in [1.807, 2.05) is 0 Å². The number of amides is 2. The van der Waals surface area contributed by atoms with Gasteiger partial charge in [-0.15, -0.1) is 0 Å². The first kappa shape index (κ1) is 14.6. The smallest absolute Gasteiger partial charge is 0.339 e. The summed E-state index contributed by atoms with van der Waals surface area (Å²) in [6.07, 6.45) is 0.472. The van der Waals surface area contributed by atoms with Crippen molar-refractivity contribution in [2.24, 2.45) is 5.73 Å². The Hall–Kier alpha value is -1.46. The van der Waals surface area contributed by atoms with Crippen LogP contribution in [-0.2, 0) is 4.74 Å². The number of benzene rings is 1. The van der Waals surface area contributed by atoms with E-state index in [0.29, 0.717) is 18.0 Å². The van der Waals surface area contributed by atoms with Gasteiger partial charge in [-0.25, -0.2) is 9.59 Å². The van der Waals surface area contributed by atoms with Crippen molar-refractivity contribution in [3.05, 3.63) is 33.8 Å². The van der Waals surface area contributed by atoms with Crippen LogP contribution in [-0.4, -0.2) is 25.2 Å². The zero-order chi connectivity index (χ0) is 13.5. The lowest BCUT2D eigenvalue weighted by molar-refractivity contribution is 0.0502. The van der Waals surface area contributed by atoms with Crippen molar-refractivity contribution in [3.8, 4) is 0 Å². The molecule has 0 aliphatic rings. The molecule has 2 amide bonds. The summed E-state index contributed by atoms with van der Waals surface area (Å²) in [5, 5.41) is 3.07. The molecular weight excluding hydrogens is 279 g/mol. The second-order valence-corrected chi connectivity index (χ2v) is 4.25. The first-order chi connectivity index (χ1) is 8.50. The molecule has 0 aliphatic heterocycles. The Balaban J connectivity index is 2.39. The van der Waals surface area contributed by atoms with Gasteiger partial charge in [0.15, 0.2) is 0 Å². The van der Waals surface area contributed by atoms with Gasteiger partial charge in [-0.05, 0) is 24.6 Å². The van der Waals surface area contributed by atoms with Crippen LogP contribution in [0.5, 0.6) is 0 Å². The quantitative estimate of drug-likeness (QED) is 0.644. The summed E-state index contributed by atoms with van der Waals surface area (Å²) in [5.74, 6) is -0.532. The fourth-order valence-electron chi connectivity index (χ4n) is 1.18. The zero-order valence-corrected chi connectivity index (χ0v) is 10.9. The van der Waals surface area contributed by atoms with E-state index >= 15 is 0 Å². The van der Waals surface area contributed by atoms with Gasteiger partial charge in [-0.1, -0.05) is 23.2 Å². The molecule has 0 aliphatic carbocycles. The van der Waals surface area contributed by atoms with E-state index in [2.05, 4.69) is 5.32 Å². The van der Waals surface area contributed by atoms with Gasteiger partial charge in [0, 0.05) is 11.6 Å². The second-order valence-electron chi connectivity index (χ2n) is 3.40. The van der Waals surface area contributed by atoms with Gasteiger partial charge in [0.1, 0.15) is 0 Å². The Morgan fingerprint density at radius 3 is 2.67 bits per heavy atom. The van der Waals surface area contributed by atoms with Crippen molar-refractivity contribution in [1.29, 1.82) is 0 Å². The number of carbonyl (C=O) groups excluding carboxylic acids is 2. The molecule has 1 aromatic carbocycles. The van der Waals surface area contributed by atoms with Crippen LogP contribution in [0.15, 0.2) is 18.2 Å². The lowest BCUT2D eigenvalue weighted by atomic mass is 10.2. The molecule has 0 saturated carbocycles. The number of nitrogens with two attached hydrogens (primary N) is 1. The topological polar surface area (TPSA) is 81.4 Å². The largest absolute Gasteiger partial charge is 0.462 e. The van der Waals surface area contributed by atoms with Gasteiger partial charge in [0.2, 0.25) is 0 Å². The predicted molar refractivity (Wildman–Crippen MR) is 68.9 cm³/mol. The van der Waals surface area contributed by atoms with Crippen LogP contribution in [0.2, 0.25) is 10.0 Å². The summed E-state index contributed by atoms with van der Waals surface area (Å²) in [7, 11) is 0. The van der Waals surface area contributed by atoms with E-state index < -0.39 is 12.0 Å². The normalized spacial score (nSPS) is 9.89. The van der Waals surface area contributed by atoms with E-state index in [0.717, 1.165) is 0 Å². The lowest BCUT2D eigenvalue weighted by Crippen LogP contribution is -2.30. The highest BCUT2D eigenvalue weighted by Crippen LogP contribution is 2.21. The van der Waals surface area contributed by atoms with Crippen LogP contribution in [0, 0.1) is 0 Å². The van der Waals surface area contributed by atoms with Crippen molar-refractivity contribution in [3.63, 3.8) is 0 Å². The van der Waals surface area contributed by atoms with Crippen molar-refractivity contribution in [2.75, 3.05) is 13.2 Å². The molecule has 0 fully saturated rings. The number of esters is 1. The zero-order valence-electron chi connectivity index (χ0n) is 9.41. The molecule has 0 unspecified atom stereocenters. The fraction of sp³-hybridized carbons (Fsp3) is 0.273. The minimum Gasteiger partial charge on any atom is -0.462 e. The Kier molecular flexibility index (Phi) is 5.74. The third-order valence-corrected chi connectivity index (χ3v) is 2.55. The number of urea groups is 1. The summed E-state index contributed by atoms with van der Waals surface area (Å²) < 4.78 is 4.97. The SMILES string of the molecule is NC(=O)NCCCOC(=O)c1ccc(Cl)cc1Cl. The maximum atomic E-state index is 11.6. The van der Waals surface area contributed by atoms with Gasteiger partial charge in [-0.3, -0.25) is 0 Å². The maximum absolute atomic E-state index is 11.6. The third kappa shape index (κ3) is 4.81. The Morgan fingerprint density at radius 2 is 2.06 bits per heavy atom. The van der Waals surface area contributed by atoms with Gasteiger partial charge in [0.25, 0.3) is 0 Å². The Morgan fingerprint density at radius 1 is 1.33 bits per heavy atom.